The van der Waals surface area contributed by atoms with E-state index >= 15 is 0 Å². The monoisotopic (exact) mass is 567 g/mol. The van der Waals surface area contributed by atoms with E-state index in [1.54, 1.807) is 25.2 Å². The third-order valence-electron chi connectivity index (χ3n) is 5.88. The van der Waals surface area contributed by atoms with Gasteiger partial charge in [-0.3, -0.25) is 9.59 Å². The first-order chi connectivity index (χ1) is 19.0. The molecule has 0 bridgehead atoms. The molecule has 2 aliphatic carbocycles. The van der Waals surface area contributed by atoms with E-state index in [4.69, 9.17) is 9.47 Å². The van der Waals surface area contributed by atoms with Crippen molar-refractivity contribution >= 4 is 11.6 Å². The van der Waals surface area contributed by atoms with Crippen LogP contribution < -0.4 is 18.9 Å². The van der Waals surface area contributed by atoms with Crippen molar-refractivity contribution in [3.8, 4) is 23.0 Å². The summed E-state index contributed by atoms with van der Waals surface area (Å²) in [7, 11) is 3.60. The van der Waals surface area contributed by atoms with Gasteiger partial charge in [-0.1, -0.05) is 0 Å². The van der Waals surface area contributed by atoms with Crippen LogP contribution in [0.25, 0.3) is 0 Å². The van der Waals surface area contributed by atoms with Gasteiger partial charge in [0.25, 0.3) is 0 Å². The number of carbonyl (C=O) groups is 2. The van der Waals surface area contributed by atoms with Crippen molar-refractivity contribution in [2.75, 3.05) is 27.3 Å². The predicted molar refractivity (Wildman–Crippen MR) is 140 cm³/mol. The average Bonchev–Trinajstić information content (AvgIpc) is 3.81. The van der Waals surface area contributed by atoms with Crippen molar-refractivity contribution in [1.29, 1.82) is 0 Å². The van der Waals surface area contributed by atoms with Crippen molar-refractivity contribution in [2.24, 2.45) is 11.8 Å². The Morgan fingerprint density at radius 2 is 1.25 bits per heavy atom. The first kappa shape index (κ1) is 30.8. The fourth-order valence-corrected chi connectivity index (χ4v) is 3.30. The molecule has 2 aromatic carbocycles. The number of ketones is 2. The molecule has 11 heteroatoms. The number of nitrogens with zero attached hydrogens (tertiary/aromatic N) is 1. The maximum atomic E-state index is 12.4. The third-order valence-corrected chi connectivity index (χ3v) is 5.88. The zero-order valence-electron chi connectivity index (χ0n) is 22.6. The van der Waals surface area contributed by atoms with Crippen molar-refractivity contribution in [3.05, 3.63) is 59.8 Å². The van der Waals surface area contributed by atoms with Crippen LogP contribution in [0.1, 0.15) is 53.3 Å². The fraction of sp³-hybridized carbons (Fsp3) is 0.448. The van der Waals surface area contributed by atoms with E-state index in [0.29, 0.717) is 36.2 Å². The minimum Gasteiger partial charge on any atom is -0.489 e. The number of alkyl halides is 4. The van der Waals surface area contributed by atoms with Crippen molar-refractivity contribution in [1.82, 2.24) is 4.90 Å². The highest BCUT2D eigenvalue weighted by molar-refractivity contribution is 6.04. The summed E-state index contributed by atoms with van der Waals surface area (Å²) in [6, 6.07) is 8.47. The smallest absolute Gasteiger partial charge is 0.387 e. The minimum atomic E-state index is -2.93. The number of Topliss-reactive ketones (excluding diaryl/α,β-unsaturated/α-hetero) is 1. The largest absolute Gasteiger partial charge is 0.489 e. The number of hydrogen-bond donors (Lipinski definition) is 0. The molecule has 2 aromatic rings. The van der Waals surface area contributed by atoms with Gasteiger partial charge in [0.05, 0.1) is 13.2 Å². The van der Waals surface area contributed by atoms with E-state index in [1.807, 2.05) is 0 Å². The maximum Gasteiger partial charge on any atom is 0.387 e. The highest BCUT2D eigenvalue weighted by atomic mass is 19.3. The Morgan fingerprint density at radius 1 is 0.800 bits per heavy atom. The number of allylic oxidation sites excluding steroid dienone is 1. The molecule has 0 N–H and O–H groups in total. The van der Waals surface area contributed by atoms with Gasteiger partial charge in [-0.05, 0) is 80.8 Å². The first-order valence-corrected chi connectivity index (χ1v) is 12.8. The molecule has 0 spiro atoms. The van der Waals surface area contributed by atoms with Crippen LogP contribution in [0.4, 0.5) is 17.6 Å². The Kier molecular flexibility index (Phi) is 11.2. The molecule has 0 amide bonds. The second-order valence-electron chi connectivity index (χ2n) is 9.79. The lowest BCUT2D eigenvalue weighted by atomic mass is 10.1. The standard InChI is InChI=1S/C16H19F2NO3.C13H14F2O3/c1-19(2)8-7-13(20)12-5-6-14(22-16(17)18)15(9-12)21-10-11-3-4-11;1-8(16)10-4-5-11(18-13(14)15)12(6-10)17-7-9-2-3-9/h5-9,11,16H,3-4,10H2,1-2H3;4-6,9,13H,2-3,7H2,1H3. The molecule has 0 atom stereocenters. The van der Waals surface area contributed by atoms with Crippen LogP contribution in [0.15, 0.2) is 48.7 Å². The summed E-state index contributed by atoms with van der Waals surface area (Å²) in [5.74, 6) is 0.881. The van der Waals surface area contributed by atoms with Gasteiger partial charge in [-0.2, -0.15) is 17.6 Å². The SMILES string of the molecule is CC(=O)c1ccc(OC(F)F)c(OCC2CC2)c1.CN(C)C=CC(=O)c1ccc(OC(F)F)c(OCC2CC2)c1. The molecular weight excluding hydrogens is 534 g/mol. The number of benzene rings is 2. The molecule has 4 rings (SSSR count). The summed E-state index contributed by atoms with van der Waals surface area (Å²) >= 11 is 0. The molecule has 2 saturated carbocycles. The Labute approximate surface area is 230 Å². The van der Waals surface area contributed by atoms with E-state index in [0.717, 1.165) is 25.7 Å². The van der Waals surface area contributed by atoms with E-state index < -0.39 is 13.2 Å². The summed E-state index contributed by atoms with van der Waals surface area (Å²) in [5, 5.41) is 0. The number of ether oxygens (including phenoxy) is 4. The molecule has 2 aliphatic rings. The van der Waals surface area contributed by atoms with Gasteiger partial charge in [0.1, 0.15) is 0 Å². The second kappa shape index (κ2) is 14.6. The third kappa shape index (κ3) is 10.8. The van der Waals surface area contributed by atoms with Crippen molar-refractivity contribution < 1.29 is 46.1 Å². The molecule has 0 saturated heterocycles. The molecular formula is C29H33F4NO6. The van der Waals surface area contributed by atoms with Crippen LogP contribution in [0.3, 0.4) is 0 Å². The van der Waals surface area contributed by atoms with Crippen LogP contribution in [-0.4, -0.2) is 57.0 Å². The van der Waals surface area contributed by atoms with Gasteiger partial charge >= 0.3 is 13.2 Å². The van der Waals surface area contributed by atoms with Gasteiger partial charge in [0.2, 0.25) is 0 Å². The van der Waals surface area contributed by atoms with Crippen LogP contribution in [0.5, 0.6) is 23.0 Å². The van der Waals surface area contributed by atoms with E-state index in [1.165, 1.54) is 49.4 Å². The lowest BCUT2D eigenvalue weighted by Crippen LogP contribution is -2.08. The quantitative estimate of drug-likeness (QED) is 0.144. The van der Waals surface area contributed by atoms with Crippen molar-refractivity contribution in [2.45, 2.75) is 45.8 Å². The van der Waals surface area contributed by atoms with Gasteiger partial charge in [-0.15, -0.1) is 0 Å². The summed E-state index contributed by atoms with van der Waals surface area (Å²) in [6.07, 6.45) is 7.38. The maximum absolute atomic E-state index is 12.4. The zero-order chi connectivity index (χ0) is 29.2. The molecule has 0 radical (unpaired) electrons. The Hall–Kier alpha value is -3.76. The van der Waals surface area contributed by atoms with Crippen molar-refractivity contribution in [3.63, 3.8) is 0 Å². The summed E-state index contributed by atoms with van der Waals surface area (Å²) < 4.78 is 69.1. The van der Waals surface area contributed by atoms with Gasteiger partial charge in [-0.25, -0.2) is 0 Å². The molecule has 0 aliphatic heterocycles. The fourth-order valence-electron chi connectivity index (χ4n) is 3.30. The number of carbonyl (C=O) groups excluding carboxylic acids is 2. The Balaban J connectivity index is 0.000000225. The first-order valence-electron chi connectivity index (χ1n) is 12.8. The number of halogens is 4. The van der Waals surface area contributed by atoms with Gasteiger partial charge in [0.15, 0.2) is 34.6 Å². The molecule has 0 unspecified atom stereocenters. The van der Waals surface area contributed by atoms with E-state index in [2.05, 4.69) is 9.47 Å². The van der Waals surface area contributed by atoms with Gasteiger partial charge in [0, 0.05) is 37.5 Å². The van der Waals surface area contributed by atoms with Gasteiger partial charge < -0.3 is 23.8 Å². The van der Waals surface area contributed by atoms with Crippen LogP contribution >= 0.6 is 0 Å². The number of rotatable bonds is 14. The minimum absolute atomic E-state index is 0.0318. The lowest BCUT2D eigenvalue weighted by molar-refractivity contribution is -0.0521. The topological polar surface area (TPSA) is 74.3 Å². The summed E-state index contributed by atoms with van der Waals surface area (Å²) in [6.45, 7) is -3.51. The van der Waals surface area contributed by atoms with Crippen LogP contribution in [0, 0.1) is 11.8 Å². The molecule has 218 valence electrons. The molecule has 0 heterocycles. The van der Waals surface area contributed by atoms with E-state index in [9.17, 15) is 27.2 Å². The highest BCUT2D eigenvalue weighted by Crippen LogP contribution is 2.35. The zero-order valence-corrected chi connectivity index (χ0v) is 22.6. The summed E-state index contributed by atoms with van der Waals surface area (Å²) in [5.41, 5.74) is 0.785. The summed E-state index contributed by atoms with van der Waals surface area (Å²) in [4.78, 5) is 25.0. The average molecular weight is 568 g/mol. The Bertz CT molecular complexity index is 1180. The van der Waals surface area contributed by atoms with Crippen LogP contribution in [0.2, 0.25) is 0 Å². The molecule has 0 aromatic heterocycles. The predicted octanol–water partition coefficient (Wildman–Crippen LogP) is 6.61. The Morgan fingerprint density at radius 3 is 1.65 bits per heavy atom. The molecule has 40 heavy (non-hydrogen) atoms. The normalized spacial score (nSPS) is 14.5. The van der Waals surface area contributed by atoms with E-state index in [-0.39, 0.29) is 34.6 Å². The molecule has 2 fully saturated rings. The second-order valence-corrected chi connectivity index (χ2v) is 9.79. The molecule has 7 nitrogen and oxygen atoms in total. The highest BCUT2D eigenvalue weighted by Gasteiger charge is 2.24. The number of hydrogen-bond acceptors (Lipinski definition) is 7. The van der Waals surface area contributed by atoms with Crippen LogP contribution in [-0.2, 0) is 0 Å². The lowest BCUT2D eigenvalue weighted by Gasteiger charge is -2.13.